The van der Waals surface area contributed by atoms with Crippen LogP contribution in [0.2, 0.25) is 0 Å². The zero-order valence-electron chi connectivity index (χ0n) is 21.8. The maximum atomic E-state index is 13.8. The van der Waals surface area contributed by atoms with Gasteiger partial charge in [-0.15, -0.1) is 0 Å². The summed E-state index contributed by atoms with van der Waals surface area (Å²) in [6, 6.07) is 10.4. The number of aromatic nitrogens is 2. The quantitative estimate of drug-likeness (QED) is 0.587. The van der Waals surface area contributed by atoms with E-state index in [9.17, 15) is 9.59 Å². The van der Waals surface area contributed by atoms with Gasteiger partial charge in [0.15, 0.2) is 0 Å². The largest absolute Gasteiger partial charge is 0.351 e. The summed E-state index contributed by atoms with van der Waals surface area (Å²) in [6.07, 6.45) is 6.54. The lowest BCUT2D eigenvalue weighted by atomic mass is 9.91. The predicted molar refractivity (Wildman–Crippen MR) is 139 cm³/mol. The van der Waals surface area contributed by atoms with Gasteiger partial charge in [0.05, 0.1) is 12.2 Å². The lowest BCUT2D eigenvalue weighted by molar-refractivity contribution is -0.134. The lowest BCUT2D eigenvalue weighted by Crippen LogP contribution is -2.66. The molecular formula is C28H41N5O2. The summed E-state index contributed by atoms with van der Waals surface area (Å²) in [6.45, 7) is 11.7. The third kappa shape index (κ3) is 5.30. The molecule has 2 amide bonds. The van der Waals surface area contributed by atoms with Crippen LogP contribution in [0.15, 0.2) is 30.3 Å². The molecule has 0 radical (unpaired) electrons. The number of amides is 2. The summed E-state index contributed by atoms with van der Waals surface area (Å²) in [7, 11) is 0. The molecule has 1 saturated carbocycles. The normalized spacial score (nSPS) is 20.8. The Morgan fingerprint density at radius 2 is 1.80 bits per heavy atom. The van der Waals surface area contributed by atoms with Crippen molar-refractivity contribution in [3.63, 3.8) is 0 Å². The van der Waals surface area contributed by atoms with Crippen molar-refractivity contribution in [1.82, 2.24) is 24.9 Å². The number of fused-ring (bicyclic) bond motifs is 1. The van der Waals surface area contributed by atoms with Crippen molar-refractivity contribution in [3.8, 4) is 11.3 Å². The summed E-state index contributed by atoms with van der Waals surface area (Å²) < 4.78 is 1.75. The van der Waals surface area contributed by atoms with E-state index in [1.807, 2.05) is 13.0 Å². The number of nitrogens with one attached hydrogen (secondary N) is 1. The van der Waals surface area contributed by atoms with E-state index in [0.717, 1.165) is 63.0 Å². The summed E-state index contributed by atoms with van der Waals surface area (Å²) in [5.41, 5.74) is 2.60. The molecule has 2 aliphatic rings. The molecule has 1 atom stereocenters. The number of carbonyl (C=O) groups excluding carboxylic acids is 2. The number of likely N-dealkylation sites (N-methyl/N-ethyl adjacent to an activating group) is 1. The lowest BCUT2D eigenvalue weighted by Gasteiger charge is -2.44. The highest BCUT2D eigenvalue weighted by atomic mass is 16.2. The van der Waals surface area contributed by atoms with Crippen LogP contribution in [-0.4, -0.2) is 69.2 Å². The molecule has 35 heavy (non-hydrogen) atoms. The molecule has 0 spiro atoms. The molecule has 0 bridgehead atoms. The first-order chi connectivity index (χ1) is 16.9. The first-order valence-corrected chi connectivity index (χ1v) is 13.4. The maximum absolute atomic E-state index is 13.8. The molecule has 1 fully saturated rings. The van der Waals surface area contributed by atoms with Crippen molar-refractivity contribution in [3.05, 3.63) is 41.6 Å². The van der Waals surface area contributed by atoms with Crippen molar-refractivity contribution in [2.24, 2.45) is 0 Å². The van der Waals surface area contributed by atoms with E-state index < -0.39 is 5.54 Å². The van der Waals surface area contributed by atoms with Crippen LogP contribution in [-0.2, 0) is 17.8 Å². The molecule has 2 heterocycles. The maximum Gasteiger partial charge on any atom is 0.273 e. The Morgan fingerprint density at radius 3 is 2.43 bits per heavy atom. The fourth-order valence-electron chi connectivity index (χ4n) is 5.41. The van der Waals surface area contributed by atoms with E-state index >= 15 is 0 Å². The van der Waals surface area contributed by atoms with Gasteiger partial charge in [0.25, 0.3) is 5.91 Å². The Balaban J connectivity index is 1.64. The van der Waals surface area contributed by atoms with Crippen LogP contribution in [0.5, 0.6) is 0 Å². The Morgan fingerprint density at radius 1 is 1.11 bits per heavy atom. The topological polar surface area (TPSA) is 70.5 Å². The van der Waals surface area contributed by atoms with E-state index in [1.54, 1.807) is 9.58 Å². The molecule has 1 unspecified atom stereocenters. The van der Waals surface area contributed by atoms with Gasteiger partial charge in [0.2, 0.25) is 5.91 Å². The number of rotatable bonds is 9. The molecule has 7 nitrogen and oxygen atoms in total. The predicted octanol–water partition coefficient (Wildman–Crippen LogP) is 4.12. The average molecular weight is 480 g/mol. The highest BCUT2D eigenvalue weighted by molar-refractivity contribution is 6.00. The molecule has 1 N–H and O–H groups in total. The smallest absolute Gasteiger partial charge is 0.273 e. The van der Waals surface area contributed by atoms with Crippen LogP contribution in [0.4, 0.5) is 0 Å². The van der Waals surface area contributed by atoms with Crippen LogP contribution >= 0.6 is 0 Å². The minimum absolute atomic E-state index is 0.0627. The fraction of sp³-hybridized carbons (Fsp3) is 0.607. The first-order valence-electron chi connectivity index (χ1n) is 13.4. The molecule has 4 rings (SSSR count). The van der Waals surface area contributed by atoms with Crippen LogP contribution in [0.3, 0.4) is 0 Å². The Hall–Kier alpha value is -2.67. The number of aryl methyl sites for hydroxylation is 1. The van der Waals surface area contributed by atoms with Gasteiger partial charge in [-0.25, -0.2) is 0 Å². The van der Waals surface area contributed by atoms with Gasteiger partial charge in [0, 0.05) is 24.7 Å². The molecule has 1 aromatic heterocycles. The highest BCUT2D eigenvalue weighted by Gasteiger charge is 2.48. The van der Waals surface area contributed by atoms with Crippen LogP contribution in [0, 0.1) is 0 Å². The molecule has 1 aliphatic heterocycles. The van der Waals surface area contributed by atoms with Gasteiger partial charge in [-0.2, -0.15) is 5.10 Å². The summed E-state index contributed by atoms with van der Waals surface area (Å²) in [4.78, 5) is 31.6. The zero-order valence-corrected chi connectivity index (χ0v) is 21.8. The summed E-state index contributed by atoms with van der Waals surface area (Å²) in [5, 5.41) is 8.08. The van der Waals surface area contributed by atoms with Gasteiger partial charge in [-0.05, 0) is 50.9 Å². The van der Waals surface area contributed by atoms with Gasteiger partial charge in [0.1, 0.15) is 11.2 Å². The monoisotopic (exact) mass is 479 g/mol. The fourth-order valence-corrected chi connectivity index (χ4v) is 5.41. The molecule has 0 saturated heterocycles. The van der Waals surface area contributed by atoms with Crippen molar-refractivity contribution in [2.75, 3.05) is 26.2 Å². The second-order valence-electron chi connectivity index (χ2n) is 10.2. The van der Waals surface area contributed by atoms with Crippen molar-refractivity contribution in [1.29, 1.82) is 0 Å². The van der Waals surface area contributed by atoms with Crippen molar-refractivity contribution in [2.45, 2.75) is 84.3 Å². The minimum atomic E-state index is -0.982. The van der Waals surface area contributed by atoms with E-state index in [0.29, 0.717) is 18.8 Å². The van der Waals surface area contributed by atoms with Crippen LogP contribution in [0.1, 0.15) is 75.9 Å². The molecule has 7 heteroatoms. The second kappa shape index (κ2) is 10.9. The van der Waals surface area contributed by atoms with Gasteiger partial charge < -0.3 is 15.1 Å². The van der Waals surface area contributed by atoms with Crippen molar-refractivity contribution < 1.29 is 9.59 Å². The first kappa shape index (κ1) is 25.4. The SMILES string of the molecule is CCc1ccc(-c2cc3n(n2)CC(C)(C(=O)NC2CCCCC2)N(CCN(CC)CC)C3=O)cc1. The summed E-state index contributed by atoms with van der Waals surface area (Å²) in [5.74, 6) is -0.180. The van der Waals surface area contributed by atoms with Gasteiger partial charge >= 0.3 is 0 Å². The van der Waals surface area contributed by atoms with E-state index in [1.165, 1.54) is 12.0 Å². The molecule has 1 aromatic carbocycles. The number of hydrogen-bond donors (Lipinski definition) is 1. The standard InChI is InChI=1S/C28H41N5O2/c1-5-21-13-15-22(16-14-21)24-19-25-26(34)32(18-17-31(6-2)7-3)28(4,20-33(25)30-24)27(35)29-23-11-9-8-10-12-23/h13-16,19,23H,5-12,17-18,20H2,1-4H3,(H,29,35). The summed E-state index contributed by atoms with van der Waals surface area (Å²) >= 11 is 0. The Kier molecular flexibility index (Phi) is 7.95. The van der Waals surface area contributed by atoms with Gasteiger partial charge in [-0.1, -0.05) is 64.3 Å². The second-order valence-corrected chi connectivity index (χ2v) is 10.2. The third-order valence-corrected chi connectivity index (χ3v) is 7.92. The Bertz CT molecular complexity index is 1020. The number of nitrogens with zero attached hydrogens (tertiary/aromatic N) is 4. The molecule has 1 aliphatic carbocycles. The van der Waals surface area contributed by atoms with E-state index in [2.05, 4.69) is 55.3 Å². The van der Waals surface area contributed by atoms with Crippen LogP contribution in [0.25, 0.3) is 11.3 Å². The highest BCUT2D eigenvalue weighted by Crippen LogP contribution is 2.31. The van der Waals surface area contributed by atoms with Crippen LogP contribution < -0.4 is 5.32 Å². The zero-order chi connectivity index (χ0) is 25.0. The number of benzene rings is 1. The average Bonchev–Trinajstić information content (AvgIpc) is 3.30. The number of carbonyl (C=O) groups is 2. The van der Waals surface area contributed by atoms with Gasteiger partial charge in [-0.3, -0.25) is 14.3 Å². The number of hydrogen-bond acceptors (Lipinski definition) is 4. The van der Waals surface area contributed by atoms with E-state index in [4.69, 9.17) is 5.10 Å². The minimum Gasteiger partial charge on any atom is -0.351 e. The van der Waals surface area contributed by atoms with Crippen molar-refractivity contribution >= 4 is 11.8 Å². The third-order valence-electron chi connectivity index (χ3n) is 7.92. The molecular weight excluding hydrogens is 438 g/mol. The molecule has 190 valence electrons. The molecule has 2 aromatic rings. The Labute approximate surface area is 209 Å². The van der Waals surface area contributed by atoms with E-state index in [-0.39, 0.29) is 17.9 Å².